The van der Waals surface area contributed by atoms with E-state index < -0.39 is 17.1 Å². The third-order valence-corrected chi connectivity index (χ3v) is 2.63. The predicted octanol–water partition coefficient (Wildman–Crippen LogP) is -1.33. The van der Waals surface area contributed by atoms with Crippen molar-refractivity contribution in [1.82, 2.24) is 0 Å². The molecule has 1 aromatic carbocycles. The molecule has 0 saturated carbocycles. The fourth-order valence-electron chi connectivity index (χ4n) is 0.898. The van der Waals surface area contributed by atoms with Gasteiger partial charge in [0.15, 0.2) is 0 Å². The first-order valence-corrected chi connectivity index (χ1v) is 5.42. The van der Waals surface area contributed by atoms with Gasteiger partial charge < -0.3 is 10.0 Å². The van der Waals surface area contributed by atoms with Crippen molar-refractivity contribution < 1.29 is 18.5 Å². The van der Waals surface area contributed by atoms with E-state index in [2.05, 4.69) is 0 Å². The second-order valence-corrected chi connectivity index (χ2v) is 4.64. The van der Waals surface area contributed by atoms with E-state index in [1.54, 1.807) is 0 Å². The molecule has 0 spiro atoms. The lowest BCUT2D eigenvalue weighted by atomic mass is 9.80. The van der Waals surface area contributed by atoms with E-state index in [1.807, 2.05) is 0 Å². The van der Waals surface area contributed by atoms with Gasteiger partial charge in [0.25, 0.3) is 0 Å². The van der Waals surface area contributed by atoms with Crippen molar-refractivity contribution in [3.8, 4) is 0 Å². The van der Waals surface area contributed by atoms with E-state index in [1.165, 1.54) is 6.07 Å². The second kappa shape index (κ2) is 3.88. The summed E-state index contributed by atoms with van der Waals surface area (Å²) in [5, 5.41) is 22.5. The first-order valence-electron chi connectivity index (χ1n) is 3.50. The van der Waals surface area contributed by atoms with Crippen LogP contribution in [-0.4, -0.2) is 25.6 Å². The molecular formula is C6H7BClNO4S. The summed E-state index contributed by atoms with van der Waals surface area (Å²) in [6.45, 7) is 0. The molecule has 0 aliphatic rings. The molecule has 14 heavy (non-hydrogen) atoms. The van der Waals surface area contributed by atoms with Gasteiger partial charge in [-0.3, -0.25) is 0 Å². The minimum Gasteiger partial charge on any atom is -0.423 e. The Hall–Kier alpha value is -0.595. The highest BCUT2D eigenvalue weighted by Crippen LogP contribution is 2.12. The average Bonchev–Trinajstić information content (AvgIpc) is 2.01. The molecule has 0 saturated heterocycles. The first-order chi connectivity index (χ1) is 6.30. The molecule has 0 heterocycles. The lowest BCUT2D eigenvalue weighted by molar-refractivity contribution is 0.425. The Morgan fingerprint density at radius 3 is 2.29 bits per heavy atom. The quantitative estimate of drug-likeness (QED) is 0.553. The van der Waals surface area contributed by atoms with Gasteiger partial charge in [0.05, 0.1) is 4.90 Å². The van der Waals surface area contributed by atoms with Gasteiger partial charge in [0.1, 0.15) is 0 Å². The highest BCUT2D eigenvalue weighted by atomic mass is 35.5. The number of halogens is 1. The van der Waals surface area contributed by atoms with Crippen molar-refractivity contribution in [2.24, 2.45) is 5.14 Å². The second-order valence-electron chi connectivity index (χ2n) is 2.64. The third-order valence-electron chi connectivity index (χ3n) is 1.52. The molecule has 0 unspecified atom stereocenters. The molecule has 0 fully saturated rings. The van der Waals surface area contributed by atoms with Gasteiger partial charge in [0.2, 0.25) is 10.0 Å². The summed E-state index contributed by atoms with van der Waals surface area (Å²) in [6.07, 6.45) is 0. The van der Waals surface area contributed by atoms with Crippen LogP contribution in [0.4, 0.5) is 0 Å². The van der Waals surface area contributed by atoms with Crippen LogP contribution < -0.4 is 10.6 Å². The van der Waals surface area contributed by atoms with Crippen LogP contribution in [0, 0.1) is 0 Å². The van der Waals surface area contributed by atoms with Crippen molar-refractivity contribution in [1.29, 1.82) is 0 Å². The predicted molar refractivity (Wildman–Crippen MR) is 52.7 cm³/mol. The zero-order valence-electron chi connectivity index (χ0n) is 6.88. The maximum Gasteiger partial charge on any atom is 0.488 e. The van der Waals surface area contributed by atoms with Gasteiger partial charge in [-0.1, -0.05) is 11.6 Å². The molecule has 4 N–H and O–H groups in total. The van der Waals surface area contributed by atoms with E-state index in [9.17, 15) is 8.42 Å². The van der Waals surface area contributed by atoms with Gasteiger partial charge in [-0.2, -0.15) is 0 Å². The molecule has 0 radical (unpaired) electrons. The largest absolute Gasteiger partial charge is 0.488 e. The van der Waals surface area contributed by atoms with Crippen molar-refractivity contribution >= 4 is 34.2 Å². The number of hydrogen-bond acceptors (Lipinski definition) is 4. The molecule has 8 heteroatoms. The number of hydrogen-bond donors (Lipinski definition) is 3. The molecule has 0 atom stereocenters. The van der Waals surface area contributed by atoms with Gasteiger partial charge in [0, 0.05) is 5.02 Å². The van der Waals surface area contributed by atoms with E-state index in [-0.39, 0.29) is 15.4 Å². The Morgan fingerprint density at radius 1 is 1.29 bits per heavy atom. The Labute approximate surface area is 86.3 Å². The molecule has 0 bridgehead atoms. The van der Waals surface area contributed by atoms with Crippen LogP contribution in [0.15, 0.2) is 23.1 Å². The number of benzene rings is 1. The molecule has 5 nitrogen and oxygen atoms in total. The molecule has 1 aromatic rings. The summed E-state index contributed by atoms with van der Waals surface area (Å²) in [6, 6.07) is 3.41. The summed E-state index contributed by atoms with van der Waals surface area (Å²) in [5.74, 6) is 0. The normalized spacial score (nSPS) is 11.4. The van der Waals surface area contributed by atoms with Crippen molar-refractivity contribution in [3.05, 3.63) is 23.2 Å². The van der Waals surface area contributed by atoms with E-state index >= 15 is 0 Å². The Kier molecular flexibility index (Phi) is 3.18. The standard InChI is InChI=1S/C6H7BClNO4S/c8-5-1-4(7(10)11)2-6(3-5)14(9,12)13/h1-3,10-11H,(H2,9,12,13). The Bertz CT molecular complexity index is 447. The van der Waals surface area contributed by atoms with Gasteiger partial charge >= 0.3 is 7.12 Å². The van der Waals surface area contributed by atoms with Crippen molar-refractivity contribution in [2.45, 2.75) is 4.90 Å². The fraction of sp³-hybridized carbons (Fsp3) is 0. The Morgan fingerprint density at radius 2 is 1.86 bits per heavy atom. The summed E-state index contributed by atoms with van der Waals surface area (Å²) >= 11 is 5.56. The van der Waals surface area contributed by atoms with Crippen LogP contribution in [0.5, 0.6) is 0 Å². The van der Waals surface area contributed by atoms with Crippen LogP contribution in [0.25, 0.3) is 0 Å². The van der Waals surface area contributed by atoms with Gasteiger partial charge in [-0.15, -0.1) is 0 Å². The lowest BCUT2D eigenvalue weighted by Gasteiger charge is -2.03. The molecule has 0 amide bonds. The highest BCUT2D eigenvalue weighted by Gasteiger charge is 2.16. The summed E-state index contributed by atoms with van der Waals surface area (Å²) in [5.41, 5.74) is -0.0264. The number of sulfonamides is 1. The van der Waals surface area contributed by atoms with Crippen LogP contribution in [-0.2, 0) is 10.0 Å². The zero-order valence-corrected chi connectivity index (χ0v) is 8.46. The Balaban J connectivity index is 3.35. The summed E-state index contributed by atoms with van der Waals surface area (Å²) in [7, 11) is -5.67. The van der Waals surface area contributed by atoms with Gasteiger partial charge in [-0.05, 0) is 23.7 Å². The molecule has 1 rings (SSSR count). The number of primary sulfonamides is 1. The van der Waals surface area contributed by atoms with E-state index in [0.29, 0.717) is 0 Å². The minimum absolute atomic E-state index is 0.0264. The minimum atomic E-state index is -3.89. The van der Waals surface area contributed by atoms with E-state index in [4.69, 9.17) is 26.8 Å². The molecule has 0 aliphatic heterocycles. The van der Waals surface area contributed by atoms with Crippen molar-refractivity contribution in [2.75, 3.05) is 0 Å². The summed E-state index contributed by atoms with van der Waals surface area (Å²) < 4.78 is 21.8. The third kappa shape index (κ3) is 2.69. The molecule has 76 valence electrons. The fourth-order valence-corrected chi connectivity index (χ4v) is 1.80. The van der Waals surface area contributed by atoms with Crippen LogP contribution in [0.1, 0.15) is 0 Å². The average molecular weight is 235 g/mol. The smallest absolute Gasteiger partial charge is 0.423 e. The van der Waals surface area contributed by atoms with Crippen LogP contribution >= 0.6 is 11.6 Å². The maximum atomic E-state index is 10.9. The molecular weight excluding hydrogens is 228 g/mol. The van der Waals surface area contributed by atoms with E-state index in [0.717, 1.165) is 12.1 Å². The van der Waals surface area contributed by atoms with Gasteiger partial charge in [-0.25, -0.2) is 13.6 Å². The maximum absolute atomic E-state index is 10.9. The zero-order chi connectivity index (χ0) is 10.9. The molecule has 0 aliphatic carbocycles. The lowest BCUT2D eigenvalue weighted by Crippen LogP contribution is -2.30. The number of nitrogens with two attached hydrogens (primary N) is 1. The summed E-state index contributed by atoms with van der Waals surface area (Å²) in [4.78, 5) is -0.256. The monoisotopic (exact) mass is 235 g/mol. The topological polar surface area (TPSA) is 101 Å². The highest BCUT2D eigenvalue weighted by molar-refractivity contribution is 7.89. The van der Waals surface area contributed by atoms with Crippen molar-refractivity contribution in [3.63, 3.8) is 0 Å². The van der Waals surface area contributed by atoms with Crippen LogP contribution in [0.2, 0.25) is 5.02 Å². The number of rotatable bonds is 2. The first kappa shape index (κ1) is 11.5. The van der Waals surface area contributed by atoms with Crippen LogP contribution in [0.3, 0.4) is 0 Å². The SMILES string of the molecule is NS(=O)(=O)c1cc(Cl)cc(B(O)O)c1. The molecule has 0 aromatic heterocycles.